The van der Waals surface area contributed by atoms with Gasteiger partial charge in [-0.05, 0) is 50.7 Å². The summed E-state index contributed by atoms with van der Waals surface area (Å²) >= 11 is 0. The van der Waals surface area contributed by atoms with E-state index < -0.39 is 0 Å². The number of halogens is 1. The van der Waals surface area contributed by atoms with E-state index in [0.29, 0.717) is 13.2 Å². The van der Waals surface area contributed by atoms with Gasteiger partial charge in [-0.25, -0.2) is 0 Å². The van der Waals surface area contributed by atoms with E-state index in [-0.39, 0.29) is 24.0 Å². The van der Waals surface area contributed by atoms with Crippen LogP contribution in [0.25, 0.3) is 0 Å². The Hall–Kier alpha value is -1.84. The summed E-state index contributed by atoms with van der Waals surface area (Å²) in [6, 6.07) is 17.0. The topological polar surface area (TPSA) is 52.1 Å². The van der Waals surface area contributed by atoms with Crippen molar-refractivity contribution in [2.24, 2.45) is 4.99 Å². The maximum atomic E-state index is 5.70. The van der Waals surface area contributed by atoms with Crippen LogP contribution in [-0.4, -0.2) is 62.6 Å². The minimum Gasteiger partial charge on any atom is -0.494 e. The number of rotatable bonds is 8. The lowest BCUT2D eigenvalue weighted by atomic mass is 10.1. The maximum absolute atomic E-state index is 5.70. The van der Waals surface area contributed by atoms with Crippen molar-refractivity contribution >= 4 is 29.9 Å². The van der Waals surface area contributed by atoms with Gasteiger partial charge in [0.2, 0.25) is 0 Å². The predicted octanol–water partition coefficient (Wildman–Crippen LogP) is 3.71. The first-order valence-corrected chi connectivity index (χ1v) is 11.3. The molecule has 0 spiro atoms. The van der Waals surface area contributed by atoms with Crippen LogP contribution in [0.1, 0.15) is 30.0 Å². The quantitative estimate of drug-likeness (QED) is 0.298. The molecular weight excluding hydrogens is 513 g/mol. The van der Waals surface area contributed by atoms with Crippen molar-refractivity contribution in [3.8, 4) is 5.75 Å². The first-order chi connectivity index (χ1) is 15.2. The summed E-state index contributed by atoms with van der Waals surface area (Å²) in [5, 5.41) is 6.78. The number of nitrogens with one attached hydrogen (secondary N) is 2. The average molecular weight is 552 g/mol. The van der Waals surface area contributed by atoms with Crippen LogP contribution in [0.15, 0.2) is 53.5 Å². The maximum Gasteiger partial charge on any atom is 0.191 e. The normalized spacial score (nSPS) is 15.5. The molecule has 1 saturated heterocycles. The second-order valence-electron chi connectivity index (χ2n) is 8.07. The molecule has 0 saturated carbocycles. The Kier molecular flexibility index (Phi) is 11.8. The molecule has 32 heavy (non-hydrogen) atoms. The second kappa shape index (κ2) is 14.3. The fourth-order valence-corrected chi connectivity index (χ4v) is 3.81. The van der Waals surface area contributed by atoms with Gasteiger partial charge in [0, 0.05) is 45.3 Å². The highest BCUT2D eigenvalue weighted by atomic mass is 127. The van der Waals surface area contributed by atoms with E-state index in [1.165, 1.54) is 30.6 Å². The van der Waals surface area contributed by atoms with Gasteiger partial charge in [0.1, 0.15) is 5.75 Å². The lowest BCUT2D eigenvalue weighted by Crippen LogP contribution is -2.36. The zero-order valence-electron chi connectivity index (χ0n) is 19.6. The molecule has 1 fully saturated rings. The number of likely N-dealkylation sites (N-methyl/N-ethyl adjacent to an activating group) is 1. The highest BCUT2D eigenvalue weighted by molar-refractivity contribution is 14.0. The molecule has 0 unspecified atom stereocenters. The SMILES string of the molecule is CCOc1ccccc1CNC(=NC)NCc1ccc(CN2CCCN(C)CC2)cc1.I. The van der Waals surface area contributed by atoms with Crippen molar-refractivity contribution in [1.82, 2.24) is 20.4 Å². The number of benzene rings is 2. The predicted molar refractivity (Wildman–Crippen MR) is 144 cm³/mol. The Morgan fingerprint density at radius 3 is 2.41 bits per heavy atom. The van der Waals surface area contributed by atoms with Gasteiger partial charge in [0.25, 0.3) is 0 Å². The first-order valence-electron chi connectivity index (χ1n) is 11.3. The van der Waals surface area contributed by atoms with Crippen molar-refractivity contribution in [2.45, 2.75) is 33.0 Å². The van der Waals surface area contributed by atoms with Crippen LogP contribution in [0.5, 0.6) is 5.75 Å². The monoisotopic (exact) mass is 551 g/mol. The van der Waals surface area contributed by atoms with E-state index >= 15 is 0 Å². The lowest BCUT2D eigenvalue weighted by molar-refractivity contribution is 0.269. The molecule has 2 N–H and O–H groups in total. The summed E-state index contributed by atoms with van der Waals surface area (Å²) in [5.74, 6) is 1.70. The Morgan fingerprint density at radius 1 is 0.938 bits per heavy atom. The van der Waals surface area contributed by atoms with Gasteiger partial charge < -0.3 is 20.3 Å². The molecule has 0 aliphatic carbocycles. The van der Waals surface area contributed by atoms with Crippen molar-refractivity contribution in [3.05, 3.63) is 65.2 Å². The molecule has 1 aliphatic rings. The van der Waals surface area contributed by atoms with E-state index in [4.69, 9.17) is 4.74 Å². The fraction of sp³-hybridized carbons (Fsp3) is 0.480. The van der Waals surface area contributed by atoms with Crippen molar-refractivity contribution < 1.29 is 4.74 Å². The molecule has 0 radical (unpaired) electrons. The van der Waals surface area contributed by atoms with Crippen LogP contribution in [0.4, 0.5) is 0 Å². The van der Waals surface area contributed by atoms with Gasteiger partial charge in [-0.1, -0.05) is 42.5 Å². The molecule has 2 aromatic carbocycles. The van der Waals surface area contributed by atoms with E-state index in [1.54, 1.807) is 7.05 Å². The lowest BCUT2D eigenvalue weighted by Gasteiger charge is -2.20. The third-order valence-electron chi connectivity index (χ3n) is 5.64. The molecule has 3 rings (SSSR count). The Labute approximate surface area is 210 Å². The summed E-state index contributed by atoms with van der Waals surface area (Å²) in [5.41, 5.74) is 3.75. The molecule has 176 valence electrons. The number of hydrogen-bond donors (Lipinski definition) is 2. The Bertz CT molecular complexity index is 827. The minimum absolute atomic E-state index is 0. The van der Waals surface area contributed by atoms with Gasteiger partial charge in [0.15, 0.2) is 5.96 Å². The van der Waals surface area contributed by atoms with Gasteiger partial charge in [-0.3, -0.25) is 9.89 Å². The summed E-state index contributed by atoms with van der Waals surface area (Å²) < 4.78 is 5.70. The van der Waals surface area contributed by atoms with E-state index in [0.717, 1.165) is 43.5 Å². The average Bonchev–Trinajstić information content (AvgIpc) is 3.00. The van der Waals surface area contributed by atoms with Crippen LogP contribution >= 0.6 is 24.0 Å². The Morgan fingerprint density at radius 2 is 1.66 bits per heavy atom. The smallest absolute Gasteiger partial charge is 0.191 e. The highest BCUT2D eigenvalue weighted by Crippen LogP contribution is 2.17. The highest BCUT2D eigenvalue weighted by Gasteiger charge is 2.12. The van der Waals surface area contributed by atoms with Gasteiger partial charge in [0.05, 0.1) is 6.61 Å². The molecule has 0 amide bonds. The molecule has 0 aromatic heterocycles. The third kappa shape index (κ3) is 8.60. The molecule has 1 heterocycles. The van der Waals surface area contributed by atoms with Crippen LogP contribution in [0.2, 0.25) is 0 Å². The fourth-order valence-electron chi connectivity index (χ4n) is 3.81. The number of hydrogen-bond acceptors (Lipinski definition) is 4. The number of guanidine groups is 1. The minimum atomic E-state index is 0. The molecule has 6 nitrogen and oxygen atoms in total. The molecule has 0 atom stereocenters. The first kappa shape index (κ1) is 26.4. The molecule has 2 aromatic rings. The standard InChI is InChI=1S/C25H37N5O.HI/c1-4-31-24-9-6-5-8-23(24)19-28-25(26-2)27-18-21-10-12-22(13-11-21)20-30-15-7-14-29(3)16-17-30;/h5-6,8-13H,4,7,14-20H2,1-3H3,(H2,26,27,28);1H. The summed E-state index contributed by atoms with van der Waals surface area (Å²) in [7, 11) is 4.01. The zero-order chi connectivity index (χ0) is 21.9. The summed E-state index contributed by atoms with van der Waals surface area (Å²) in [6.07, 6.45) is 1.25. The molecule has 7 heteroatoms. The van der Waals surface area contributed by atoms with Crippen molar-refractivity contribution in [3.63, 3.8) is 0 Å². The van der Waals surface area contributed by atoms with Gasteiger partial charge in [-0.2, -0.15) is 0 Å². The molecular formula is C25H38IN5O. The zero-order valence-corrected chi connectivity index (χ0v) is 22.0. The van der Waals surface area contributed by atoms with Gasteiger partial charge >= 0.3 is 0 Å². The summed E-state index contributed by atoms with van der Waals surface area (Å²) in [6.45, 7) is 9.79. The van der Waals surface area contributed by atoms with Crippen LogP contribution < -0.4 is 15.4 Å². The van der Waals surface area contributed by atoms with E-state index in [1.807, 2.05) is 25.1 Å². The number of aliphatic imine (C=N–C) groups is 1. The van der Waals surface area contributed by atoms with E-state index in [2.05, 4.69) is 62.8 Å². The third-order valence-corrected chi connectivity index (χ3v) is 5.64. The Balaban J connectivity index is 0.00000363. The molecule has 0 bridgehead atoms. The van der Waals surface area contributed by atoms with Crippen LogP contribution in [-0.2, 0) is 19.6 Å². The largest absolute Gasteiger partial charge is 0.494 e. The molecule has 1 aliphatic heterocycles. The number of nitrogens with zero attached hydrogens (tertiary/aromatic N) is 3. The van der Waals surface area contributed by atoms with Crippen LogP contribution in [0.3, 0.4) is 0 Å². The van der Waals surface area contributed by atoms with Gasteiger partial charge in [-0.15, -0.1) is 24.0 Å². The van der Waals surface area contributed by atoms with Crippen molar-refractivity contribution in [2.75, 3.05) is 46.9 Å². The number of ether oxygens (including phenoxy) is 1. The van der Waals surface area contributed by atoms with Crippen molar-refractivity contribution in [1.29, 1.82) is 0 Å². The number of para-hydroxylation sites is 1. The second-order valence-corrected chi connectivity index (χ2v) is 8.07. The van der Waals surface area contributed by atoms with Crippen LogP contribution in [0, 0.1) is 0 Å². The summed E-state index contributed by atoms with van der Waals surface area (Å²) in [4.78, 5) is 9.33. The van der Waals surface area contributed by atoms with E-state index in [9.17, 15) is 0 Å².